The summed E-state index contributed by atoms with van der Waals surface area (Å²) >= 11 is 0. The van der Waals surface area contributed by atoms with Crippen LogP contribution < -0.4 is 10.5 Å². The molecule has 0 aliphatic heterocycles. The van der Waals surface area contributed by atoms with Crippen molar-refractivity contribution in [1.82, 2.24) is 4.72 Å². The predicted octanol–water partition coefficient (Wildman–Crippen LogP) is 1.27. The van der Waals surface area contributed by atoms with Gasteiger partial charge in [-0.3, -0.25) is 4.79 Å². The van der Waals surface area contributed by atoms with Crippen LogP contribution in [-0.2, 0) is 19.6 Å². The number of hydrogen-bond donors (Lipinski definition) is 2. The summed E-state index contributed by atoms with van der Waals surface area (Å²) < 4.78 is 44.8. The van der Waals surface area contributed by atoms with Crippen LogP contribution >= 0.6 is 0 Å². The van der Waals surface area contributed by atoms with Crippen LogP contribution in [0.5, 0.6) is 0 Å². The average molecular weight is 318 g/mol. The molecule has 0 aromatic heterocycles. The van der Waals surface area contributed by atoms with E-state index in [2.05, 4.69) is 9.46 Å². The van der Waals surface area contributed by atoms with Crippen molar-refractivity contribution in [2.45, 2.75) is 31.2 Å². The molecule has 0 aliphatic carbocycles. The van der Waals surface area contributed by atoms with Crippen LogP contribution in [0.4, 0.5) is 10.1 Å². The number of nitrogens with one attached hydrogen (secondary N) is 1. The Morgan fingerprint density at radius 1 is 1.43 bits per heavy atom. The zero-order valence-electron chi connectivity index (χ0n) is 12.1. The van der Waals surface area contributed by atoms with Gasteiger partial charge in [-0.1, -0.05) is 13.8 Å². The number of rotatable bonds is 6. The summed E-state index contributed by atoms with van der Waals surface area (Å²) in [5.74, 6) is -1.62. The van der Waals surface area contributed by atoms with Gasteiger partial charge in [-0.25, -0.2) is 12.8 Å². The van der Waals surface area contributed by atoms with Gasteiger partial charge in [0.25, 0.3) is 0 Å². The summed E-state index contributed by atoms with van der Waals surface area (Å²) in [7, 11) is -3.06. The van der Waals surface area contributed by atoms with Crippen molar-refractivity contribution in [2.75, 3.05) is 12.8 Å². The van der Waals surface area contributed by atoms with Crippen LogP contribution in [0, 0.1) is 11.7 Å². The SMILES string of the molecule is COC(=O)C(CC(C)C)NS(=O)(=O)c1cc(N)ccc1F. The van der Waals surface area contributed by atoms with E-state index in [-0.39, 0.29) is 18.0 Å². The van der Waals surface area contributed by atoms with E-state index >= 15 is 0 Å². The van der Waals surface area contributed by atoms with E-state index in [9.17, 15) is 17.6 Å². The van der Waals surface area contributed by atoms with Gasteiger partial charge in [0, 0.05) is 5.69 Å². The Balaban J connectivity index is 3.11. The molecule has 21 heavy (non-hydrogen) atoms. The lowest BCUT2D eigenvalue weighted by atomic mass is 10.1. The normalized spacial score (nSPS) is 13.2. The molecule has 0 spiro atoms. The first-order valence-corrected chi connectivity index (χ1v) is 7.81. The summed E-state index contributed by atoms with van der Waals surface area (Å²) in [6, 6.07) is 2.13. The average Bonchev–Trinajstić information content (AvgIpc) is 2.38. The number of carbonyl (C=O) groups excluding carboxylic acids is 1. The van der Waals surface area contributed by atoms with E-state index in [4.69, 9.17) is 5.73 Å². The van der Waals surface area contributed by atoms with Gasteiger partial charge in [0.15, 0.2) is 0 Å². The Bertz CT molecular complexity index is 617. The van der Waals surface area contributed by atoms with Crippen LogP contribution in [0.15, 0.2) is 23.1 Å². The first-order chi connectivity index (χ1) is 9.67. The smallest absolute Gasteiger partial charge is 0.323 e. The molecule has 0 heterocycles. The standard InChI is InChI=1S/C13H19FN2O4S/c1-8(2)6-11(13(17)20-3)16-21(18,19)12-7-9(15)4-5-10(12)14/h4-5,7-8,11,16H,6,15H2,1-3H3. The van der Waals surface area contributed by atoms with Crippen molar-refractivity contribution >= 4 is 21.7 Å². The number of sulfonamides is 1. The number of methoxy groups -OCH3 is 1. The molecule has 0 saturated heterocycles. The number of hydrogen-bond acceptors (Lipinski definition) is 5. The van der Waals surface area contributed by atoms with E-state index in [1.807, 2.05) is 13.8 Å². The third-order valence-corrected chi connectivity index (χ3v) is 4.22. The number of benzene rings is 1. The number of nitrogens with two attached hydrogens (primary N) is 1. The number of esters is 1. The van der Waals surface area contributed by atoms with Crippen LogP contribution in [0.3, 0.4) is 0 Å². The van der Waals surface area contributed by atoms with Crippen molar-refractivity contribution in [3.8, 4) is 0 Å². The fourth-order valence-corrected chi connectivity index (χ4v) is 3.09. The molecule has 0 bridgehead atoms. The fourth-order valence-electron chi connectivity index (χ4n) is 1.78. The molecule has 1 atom stereocenters. The van der Waals surface area contributed by atoms with Gasteiger partial charge in [0.1, 0.15) is 16.8 Å². The Morgan fingerprint density at radius 3 is 2.57 bits per heavy atom. The summed E-state index contributed by atoms with van der Waals surface area (Å²) in [6.07, 6.45) is 0.232. The predicted molar refractivity (Wildman–Crippen MR) is 76.4 cm³/mol. The van der Waals surface area contributed by atoms with Crippen LogP contribution in [0.1, 0.15) is 20.3 Å². The topological polar surface area (TPSA) is 98.5 Å². The van der Waals surface area contributed by atoms with E-state index in [0.717, 1.165) is 19.2 Å². The minimum Gasteiger partial charge on any atom is -0.468 e. The first kappa shape index (κ1) is 17.4. The molecule has 1 aromatic rings. The summed E-state index contributed by atoms with van der Waals surface area (Å²) in [5.41, 5.74) is 5.58. The molecule has 1 aromatic carbocycles. The number of anilines is 1. The van der Waals surface area contributed by atoms with Crippen LogP contribution in [-0.4, -0.2) is 27.5 Å². The van der Waals surface area contributed by atoms with Gasteiger partial charge in [-0.05, 0) is 30.5 Å². The Labute approximate surface area is 123 Å². The maximum absolute atomic E-state index is 13.7. The van der Waals surface area contributed by atoms with Gasteiger partial charge in [-0.2, -0.15) is 4.72 Å². The van der Waals surface area contributed by atoms with Crippen molar-refractivity contribution < 1.29 is 22.3 Å². The first-order valence-electron chi connectivity index (χ1n) is 6.32. The fraction of sp³-hybridized carbons (Fsp3) is 0.462. The molecule has 0 aliphatic rings. The van der Waals surface area contributed by atoms with Crippen LogP contribution in [0.2, 0.25) is 0 Å². The number of nitrogen functional groups attached to an aromatic ring is 1. The van der Waals surface area contributed by atoms with E-state index in [0.29, 0.717) is 0 Å². The van der Waals surface area contributed by atoms with Crippen molar-refractivity contribution in [1.29, 1.82) is 0 Å². The highest BCUT2D eigenvalue weighted by atomic mass is 32.2. The lowest BCUT2D eigenvalue weighted by molar-refractivity contribution is -0.143. The molecule has 1 unspecified atom stereocenters. The molecule has 6 nitrogen and oxygen atoms in total. The maximum atomic E-state index is 13.7. The van der Waals surface area contributed by atoms with Gasteiger partial charge in [0.2, 0.25) is 10.0 Å². The highest BCUT2D eigenvalue weighted by molar-refractivity contribution is 7.89. The lowest BCUT2D eigenvalue weighted by Crippen LogP contribution is -2.42. The third-order valence-electron chi connectivity index (χ3n) is 2.73. The molecule has 0 fully saturated rings. The van der Waals surface area contributed by atoms with Crippen molar-refractivity contribution in [3.05, 3.63) is 24.0 Å². The molecule has 1 rings (SSSR count). The largest absolute Gasteiger partial charge is 0.468 e. The van der Waals surface area contributed by atoms with Gasteiger partial charge < -0.3 is 10.5 Å². The Kier molecular flexibility index (Phi) is 5.68. The monoisotopic (exact) mass is 318 g/mol. The minimum absolute atomic E-state index is 0.0440. The maximum Gasteiger partial charge on any atom is 0.323 e. The van der Waals surface area contributed by atoms with E-state index < -0.39 is 32.7 Å². The lowest BCUT2D eigenvalue weighted by Gasteiger charge is -2.18. The summed E-state index contributed by atoms with van der Waals surface area (Å²) in [6.45, 7) is 3.65. The highest BCUT2D eigenvalue weighted by Crippen LogP contribution is 2.19. The minimum atomic E-state index is -4.22. The molecular weight excluding hydrogens is 299 g/mol. The second kappa shape index (κ2) is 6.86. The van der Waals surface area contributed by atoms with Crippen molar-refractivity contribution in [2.24, 2.45) is 5.92 Å². The zero-order valence-corrected chi connectivity index (χ0v) is 12.9. The number of carbonyl (C=O) groups is 1. The molecule has 0 amide bonds. The second-order valence-electron chi connectivity index (χ2n) is 5.02. The highest BCUT2D eigenvalue weighted by Gasteiger charge is 2.29. The molecule has 8 heteroatoms. The molecule has 0 saturated carbocycles. The van der Waals surface area contributed by atoms with Gasteiger partial charge in [0.05, 0.1) is 7.11 Å². The quantitative estimate of drug-likeness (QED) is 0.608. The van der Waals surface area contributed by atoms with Crippen LogP contribution in [0.25, 0.3) is 0 Å². The molecule has 118 valence electrons. The van der Waals surface area contributed by atoms with Gasteiger partial charge >= 0.3 is 5.97 Å². The molecule has 3 N–H and O–H groups in total. The Hall–Kier alpha value is -1.67. The van der Waals surface area contributed by atoms with E-state index in [1.54, 1.807) is 0 Å². The molecular formula is C13H19FN2O4S. The summed E-state index contributed by atoms with van der Waals surface area (Å²) in [5, 5.41) is 0. The summed E-state index contributed by atoms with van der Waals surface area (Å²) in [4.78, 5) is 11.0. The van der Waals surface area contributed by atoms with Gasteiger partial charge in [-0.15, -0.1) is 0 Å². The Morgan fingerprint density at radius 2 is 2.05 bits per heavy atom. The zero-order chi connectivity index (χ0) is 16.2. The number of halogens is 1. The van der Waals surface area contributed by atoms with E-state index in [1.165, 1.54) is 6.07 Å². The third kappa shape index (κ3) is 4.68. The molecule has 0 radical (unpaired) electrons. The van der Waals surface area contributed by atoms with Crippen molar-refractivity contribution in [3.63, 3.8) is 0 Å². The second-order valence-corrected chi connectivity index (χ2v) is 6.70. The number of ether oxygens (including phenoxy) is 1.